The summed E-state index contributed by atoms with van der Waals surface area (Å²) in [6.07, 6.45) is 4.79. The number of carbonyl (C=O) groups excluding carboxylic acids is 2. The molecule has 1 heterocycles. The lowest BCUT2D eigenvalue weighted by Gasteiger charge is -2.39. The lowest BCUT2D eigenvalue weighted by molar-refractivity contribution is 0.103. The zero-order chi connectivity index (χ0) is 16.9. The minimum Gasteiger partial charge on any atom is -0.507 e. The first kappa shape index (κ1) is 15.6. The van der Waals surface area contributed by atoms with Crippen LogP contribution in [0.3, 0.4) is 0 Å². The van der Waals surface area contributed by atoms with Crippen LogP contribution in [0.4, 0.5) is 5.69 Å². The molecule has 2 aromatic rings. The first-order valence-corrected chi connectivity index (χ1v) is 9.64. The van der Waals surface area contributed by atoms with Crippen molar-refractivity contribution in [1.82, 2.24) is 0 Å². The molecular formula is C18H19NO3S. The van der Waals surface area contributed by atoms with E-state index in [1.165, 1.54) is 6.07 Å². The summed E-state index contributed by atoms with van der Waals surface area (Å²) in [5.41, 5.74) is 2.40. The first-order valence-electron chi connectivity index (χ1n) is 7.19. The van der Waals surface area contributed by atoms with Crippen molar-refractivity contribution in [2.75, 3.05) is 31.5 Å². The third-order valence-electron chi connectivity index (χ3n) is 4.33. The van der Waals surface area contributed by atoms with Gasteiger partial charge in [-0.15, -0.1) is 0 Å². The molecule has 0 saturated heterocycles. The van der Waals surface area contributed by atoms with Gasteiger partial charge in [0.2, 0.25) is 0 Å². The van der Waals surface area contributed by atoms with Crippen LogP contribution in [-0.2, 0) is 0 Å². The van der Waals surface area contributed by atoms with E-state index in [1.807, 2.05) is 31.1 Å². The minimum atomic E-state index is -1.46. The smallest absolute Gasteiger partial charge is 0.195 e. The van der Waals surface area contributed by atoms with E-state index in [0.29, 0.717) is 17.4 Å². The Bertz CT molecular complexity index is 840. The Morgan fingerprint density at radius 2 is 1.70 bits per heavy atom. The fraction of sp³-hybridized carbons (Fsp3) is 0.222. The molecule has 4 nitrogen and oxygen atoms in total. The SMILES string of the molecule is CN(C)c1ccc2c(c1)S(C)(C)c1cc(O)c(C=O)cc1C2=O. The molecular weight excluding hydrogens is 310 g/mol. The van der Waals surface area contributed by atoms with Crippen LogP contribution in [0, 0.1) is 0 Å². The normalized spacial score (nSPS) is 16.3. The van der Waals surface area contributed by atoms with E-state index in [-0.39, 0.29) is 17.1 Å². The van der Waals surface area contributed by atoms with Crippen LogP contribution >= 0.6 is 10.0 Å². The number of carbonyl (C=O) groups is 2. The average molecular weight is 329 g/mol. The van der Waals surface area contributed by atoms with Crippen LogP contribution < -0.4 is 4.90 Å². The van der Waals surface area contributed by atoms with Crippen LogP contribution in [0.25, 0.3) is 0 Å². The second-order valence-corrected chi connectivity index (χ2v) is 9.79. The van der Waals surface area contributed by atoms with E-state index in [4.69, 9.17) is 0 Å². The Labute approximate surface area is 137 Å². The molecule has 5 heteroatoms. The Kier molecular flexibility index (Phi) is 3.48. The highest BCUT2D eigenvalue weighted by molar-refractivity contribution is 8.32. The van der Waals surface area contributed by atoms with Gasteiger partial charge in [0.05, 0.1) is 5.56 Å². The highest BCUT2D eigenvalue weighted by Gasteiger charge is 2.34. The number of phenols is 1. The first-order chi connectivity index (χ1) is 10.8. The van der Waals surface area contributed by atoms with Crippen molar-refractivity contribution in [1.29, 1.82) is 0 Å². The number of anilines is 1. The van der Waals surface area contributed by atoms with Crippen molar-refractivity contribution in [3.63, 3.8) is 0 Å². The Morgan fingerprint density at radius 3 is 2.30 bits per heavy atom. The monoisotopic (exact) mass is 329 g/mol. The maximum Gasteiger partial charge on any atom is 0.195 e. The van der Waals surface area contributed by atoms with Crippen LogP contribution in [0.2, 0.25) is 0 Å². The number of aldehydes is 1. The van der Waals surface area contributed by atoms with Crippen LogP contribution in [-0.4, -0.2) is 43.8 Å². The summed E-state index contributed by atoms with van der Waals surface area (Å²) >= 11 is 0. The second-order valence-electron chi connectivity index (χ2n) is 6.26. The molecule has 0 aromatic heterocycles. The molecule has 1 aliphatic rings. The number of rotatable bonds is 2. The molecule has 120 valence electrons. The fourth-order valence-electron chi connectivity index (χ4n) is 2.94. The molecule has 1 N–H and O–H groups in total. The number of ketones is 1. The number of aromatic hydroxyl groups is 1. The van der Waals surface area contributed by atoms with Gasteiger partial charge in [-0.05, 0) is 42.8 Å². The number of hydrogen-bond acceptors (Lipinski definition) is 4. The number of phenolic OH excluding ortho intramolecular Hbond substituents is 1. The largest absolute Gasteiger partial charge is 0.507 e. The third-order valence-corrected chi connectivity index (χ3v) is 7.20. The zero-order valence-electron chi connectivity index (χ0n) is 13.6. The van der Waals surface area contributed by atoms with Gasteiger partial charge in [0.15, 0.2) is 12.1 Å². The molecule has 0 atom stereocenters. The lowest BCUT2D eigenvalue weighted by atomic mass is 10.00. The fourth-order valence-corrected chi connectivity index (χ4v) is 5.41. The van der Waals surface area contributed by atoms with Gasteiger partial charge in [0.25, 0.3) is 0 Å². The minimum absolute atomic E-state index is 0.0701. The topological polar surface area (TPSA) is 57.6 Å². The summed E-state index contributed by atoms with van der Waals surface area (Å²) in [5.74, 6) is -0.158. The van der Waals surface area contributed by atoms with Crippen LogP contribution in [0.15, 0.2) is 40.1 Å². The number of benzene rings is 2. The standard InChI is InChI=1S/C18H19NO3S/c1-19(2)12-5-6-13-16(8-12)23(3,4)17-9-15(21)11(10-20)7-14(17)18(13)22/h5-10,21H,1-4H3. The van der Waals surface area contributed by atoms with Gasteiger partial charge in [-0.1, -0.05) is 0 Å². The Balaban J connectivity index is 2.31. The van der Waals surface area contributed by atoms with E-state index in [9.17, 15) is 14.7 Å². The molecule has 2 aromatic carbocycles. The predicted octanol–water partition coefficient (Wildman–Crippen LogP) is 3.30. The van der Waals surface area contributed by atoms with Gasteiger partial charge in [0, 0.05) is 40.7 Å². The summed E-state index contributed by atoms with van der Waals surface area (Å²) in [6, 6.07) is 8.93. The summed E-state index contributed by atoms with van der Waals surface area (Å²) < 4.78 is 0. The van der Waals surface area contributed by atoms with Gasteiger partial charge < -0.3 is 10.0 Å². The molecule has 23 heavy (non-hydrogen) atoms. The Hall–Kier alpha value is -2.27. The van der Waals surface area contributed by atoms with Crippen LogP contribution in [0.5, 0.6) is 5.75 Å². The summed E-state index contributed by atoms with van der Waals surface area (Å²) in [6.45, 7) is 0. The zero-order valence-corrected chi connectivity index (χ0v) is 14.4. The van der Waals surface area contributed by atoms with Gasteiger partial charge in [0.1, 0.15) is 5.75 Å². The molecule has 0 aliphatic carbocycles. The van der Waals surface area contributed by atoms with E-state index < -0.39 is 10.0 Å². The summed E-state index contributed by atoms with van der Waals surface area (Å²) in [4.78, 5) is 27.8. The quantitative estimate of drug-likeness (QED) is 0.859. The Morgan fingerprint density at radius 1 is 1.04 bits per heavy atom. The van der Waals surface area contributed by atoms with Gasteiger partial charge in [-0.2, -0.15) is 10.0 Å². The molecule has 3 rings (SSSR count). The third kappa shape index (κ3) is 2.23. The van der Waals surface area contributed by atoms with Crippen molar-refractivity contribution in [2.24, 2.45) is 0 Å². The van der Waals surface area contributed by atoms with E-state index in [0.717, 1.165) is 15.5 Å². The van der Waals surface area contributed by atoms with E-state index in [2.05, 4.69) is 18.6 Å². The molecule has 0 fully saturated rings. The highest BCUT2D eigenvalue weighted by Crippen LogP contribution is 2.63. The molecule has 1 aliphatic heterocycles. The number of fused-ring (bicyclic) bond motifs is 2. The van der Waals surface area contributed by atoms with Gasteiger partial charge >= 0.3 is 0 Å². The van der Waals surface area contributed by atoms with Gasteiger partial charge in [-0.3, -0.25) is 9.59 Å². The van der Waals surface area contributed by atoms with E-state index >= 15 is 0 Å². The van der Waals surface area contributed by atoms with Gasteiger partial charge in [-0.25, -0.2) is 0 Å². The van der Waals surface area contributed by atoms with Crippen molar-refractivity contribution in [3.8, 4) is 5.75 Å². The van der Waals surface area contributed by atoms with Crippen molar-refractivity contribution < 1.29 is 14.7 Å². The molecule has 0 radical (unpaired) electrons. The molecule has 0 bridgehead atoms. The molecule has 0 saturated carbocycles. The second kappa shape index (κ2) is 5.13. The lowest BCUT2D eigenvalue weighted by Crippen LogP contribution is -2.19. The molecule has 0 unspecified atom stereocenters. The number of nitrogens with zero attached hydrogens (tertiary/aromatic N) is 1. The van der Waals surface area contributed by atoms with Crippen molar-refractivity contribution >= 4 is 27.8 Å². The van der Waals surface area contributed by atoms with Crippen LogP contribution in [0.1, 0.15) is 26.3 Å². The molecule has 0 spiro atoms. The molecule has 0 amide bonds. The summed E-state index contributed by atoms with van der Waals surface area (Å²) in [7, 11) is 2.47. The van der Waals surface area contributed by atoms with Crippen molar-refractivity contribution in [2.45, 2.75) is 9.79 Å². The van der Waals surface area contributed by atoms with E-state index in [1.54, 1.807) is 6.07 Å². The number of hydrogen-bond donors (Lipinski definition) is 1. The van der Waals surface area contributed by atoms with Crippen molar-refractivity contribution in [3.05, 3.63) is 47.0 Å². The highest BCUT2D eigenvalue weighted by atomic mass is 32.3. The maximum absolute atomic E-state index is 12.9. The maximum atomic E-state index is 12.9. The average Bonchev–Trinajstić information content (AvgIpc) is 2.52. The summed E-state index contributed by atoms with van der Waals surface area (Å²) in [5, 5.41) is 10.0. The predicted molar refractivity (Wildman–Crippen MR) is 93.7 cm³/mol.